The lowest BCUT2D eigenvalue weighted by molar-refractivity contribution is -0.142. The number of esters is 1. The maximum atomic E-state index is 11.4. The molecule has 0 aromatic heterocycles. The van der Waals surface area contributed by atoms with Crippen molar-refractivity contribution in [1.29, 1.82) is 0 Å². The van der Waals surface area contributed by atoms with E-state index in [1.54, 1.807) is 6.92 Å². The lowest BCUT2D eigenvalue weighted by Gasteiger charge is -2.10. The zero-order valence-electron chi connectivity index (χ0n) is 7.67. The first kappa shape index (κ1) is 11.7. The van der Waals surface area contributed by atoms with Crippen LogP contribution in [0.15, 0.2) is 28.7 Å². The van der Waals surface area contributed by atoms with Gasteiger partial charge in [0.05, 0.1) is 6.61 Å². The summed E-state index contributed by atoms with van der Waals surface area (Å²) in [6.07, 6.45) is 0. The number of hydrogen-bond donors (Lipinski definition) is 0. The van der Waals surface area contributed by atoms with Gasteiger partial charge in [0.1, 0.15) is 4.83 Å². The van der Waals surface area contributed by atoms with Crippen LogP contribution in [0.25, 0.3) is 0 Å². The zero-order valence-corrected chi connectivity index (χ0v) is 10.8. The number of hydrogen-bond acceptors (Lipinski definition) is 2. The molecule has 0 saturated carbocycles. The van der Waals surface area contributed by atoms with Crippen molar-refractivity contribution in [3.05, 3.63) is 34.3 Å². The van der Waals surface area contributed by atoms with E-state index in [-0.39, 0.29) is 5.97 Å². The van der Waals surface area contributed by atoms with Crippen LogP contribution in [0.1, 0.15) is 17.3 Å². The molecule has 0 spiro atoms. The molecule has 0 aliphatic rings. The van der Waals surface area contributed by atoms with Crippen molar-refractivity contribution >= 4 is 37.8 Å². The van der Waals surface area contributed by atoms with E-state index in [1.165, 1.54) is 0 Å². The molecule has 1 atom stereocenters. The first-order valence-corrected chi connectivity index (χ1v) is 5.92. The molecule has 0 radical (unpaired) electrons. The Balaban J connectivity index is 2.84. The van der Waals surface area contributed by atoms with E-state index in [2.05, 4.69) is 31.9 Å². The minimum absolute atomic E-state index is 0.264. The van der Waals surface area contributed by atoms with Gasteiger partial charge in [0, 0.05) is 4.47 Å². The normalized spacial score (nSPS) is 12.2. The van der Waals surface area contributed by atoms with Crippen LogP contribution in [-0.2, 0) is 9.53 Å². The van der Waals surface area contributed by atoms with Crippen molar-refractivity contribution in [3.8, 4) is 0 Å². The van der Waals surface area contributed by atoms with Gasteiger partial charge < -0.3 is 4.74 Å². The highest BCUT2D eigenvalue weighted by molar-refractivity contribution is 9.11. The number of alkyl halides is 1. The first-order chi connectivity index (χ1) is 6.66. The number of ether oxygens (including phenoxy) is 1. The van der Waals surface area contributed by atoms with E-state index in [1.807, 2.05) is 24.3 Å². The SMILES string of the molecule is CCOC(=O)C(Br)c1ccccc1Br. The standard InChI is InChI=1S/C10H10Br2O2/c1-2-14-10(13)9(12)7-5-3-4-6-8(7)11/h3-6,9H,2H2,1H3. The Kier molecular flexibility index (Phi) is 4.62. The minimum atomic E-state index is -0.405. The van der Waals surface area contributed by atoms with Gasteiger partial charge in [-0.05, 0) is 18.6 Å². The van der Waals surface area contributed by atoms with Crippen molar-refractivity contribution in [2.45, 2.75) is 11.8 Å². The van der Waals surface area contributed by atoms with E-state index in [4.69, 9.17) is 4.74 Å². The second kappa shape index (κ2) is 5.51. The molecule has 14 heavy (non-hydrogen) atoms. The molecule has 1 rings (SSSR count). The topological polar surface area (TPSA) is 26.3 Å². The van der Waals surface area contributed by atoms with E-state index in [0.717, 1.165) is 10.0 Å². The summed E-state index contributed by atoms with van der Waals surface area (Å²) in [5.41, 5.74) is 0.881. The Morgan fingerprint density at radius 1 is 1.50 bits per heavy atom. The summed E-state index contributed by atoms with van der Waals surface area (Å²) < 4.78 is 5.80. The number of benzene rings is 1. The highest BCUT2D eigenvalue weighted by atomic mass is 79.9. The molecule has 0 bridgehead atoms. The lowest BCUT2D eigenvalue weighted by Crippen LogP contribution is -2.10. The Labute approximate surface area is 99.9 Å². The van der Waals surface area contributed by atoms with Crippen molar-refractivity contribution in [2.75, 3.05) is 6.61 Å². The van der Waals surface area contributed by atoms with Crippen LogP contribution in [0.2, 0.25) is 0 Å². The fraction of sp³-hybridized carbons (Fsp3) is 0.300. The van der Waals surface area contributed by atoms with Crippen LogP contribution in [0, 0.1) is 0 Å². The fourth-order valence-corrected chi connectivity index (χ4v) is 2.38. The van der Waals surface area contributed by atoms with Crippen LogP contribution in [-0.4, -0.2) is 12.6 Å². The van der Waals surface area contributed by atoms with Crippen molar-refractivity contribution < 1.29 is 9.53 Å². The largest absolute Gasteiger partial charge is 0.465 e. The maximum Gasteiger partial charge on any atom is 0.324 e. The molecule has 2 nitrogen and oxygen atoms in total. The quantitative estimate of drug-likeness (QED) is 0.629. The van der Waals surface area contributed by atoms with Gasteiger partial charge in [0.2, 0.25) is 0 Å². The monoisotopic (exact) mass is 320 g/mol. The third kappa shape index (κ3) is 2.82. The van der Waals surface area contributed by atoms with Gasteiger partial charge in [-0.1, -0.05) is 50.1 Å². The van der Waals surface area contributed by atoms with Crippen molar-refractivity contribution in [3.63, 3.8) is 0 Å². The van der Waals surface area contributed by atoms with Crippen molar-refractivity contribution in [2.24, 2.45) is 0 Å². The van der Waals surface area contributed by atoms with Crippen LogP contribution in [0.5, 0.6) is 0 Å². The van der Waals surface area contributed by atoms with Gasteiger partial charge in [-0.25, -0.2) is 0 Å². The molecule has 0 saturated heterocycles. The highest BCUT2D eigenvalue weighted by Crippen LogP contribution is 2.30. The predicted octanol–water partition coefficient (Wildman–Crippen LogP) is 3.45. The van der Waals surface area contributed by atoms with E-state index >= 15 is 0 Å². The van der Waals surface area contributed by atoms with E-state index in [0.29, 0.717) is 6.61 Å². The molecule has 76 valence electrons. The average molecular weight is 322 g/mol. The third-order valence-corrected chi connectivity index (χ3v) is 3.26. The van der Waals surface area contributed by atoms with Gasteiger partial charge in [-0.3, -0.25) is 4.79 Å². The highest BCUT2D eigenvalue weighted by Gasteiger charge is 2.19. The van der Waals surface area contributed by atoms with E-state index < -0.39 is 4.83 Å². The molecule has 0 amide bonds. The molecular formula is C10H10Br2O2. The summed E-state index contributed by atoms with van der Waals surface area (Å²) in [5, 5.41) is 0. The lowest BCUT2D eigenvalue weighted by atomic mass is 10.1. The number of carbonyl (C=O) groups excluding carboxylic acids is 1. The molecule has 0 aliphatic heterocycles. The zero-order chi connectivity index (χ0) is 10.6. The summed E-state index contributed by atoms with van der Waals surface area (Å²) in [6.45, 7) is 2.18. The van der Waals surface area contributed by atoms with Gasteiger partial charge in [-0.2, -0.15) is 0 Å². The molecular weight excluding hydrogens is 312 g/mol. The number of carbonyl (C=O) groups is 1. The second-order valence-corrected chi connectivity index (χ2v) is 4.41. The molecule has 1 aromatic rings. The molecule has 0 aliphatic carbocycles. The summed E-state index contributed by atoms with van der Waals surface area (Å²) in [7, 11) is 0. The van der Waals surface area contributed by atoms with Crippen molar-refractivity contribution in [1.82, 2.24) is 0 Å². The van der Waals surface area contributed by atoms with E-state index in [9.17, 15) is 4.79 Å². The molecule has 0 N–H and O–H groups in total. The second-order valence-electron chi connectivity index (χ2n) is 2.64. The molecule has 1 unspecified atom stereocenters. The fourth-order valence-electron chi connectivity index (χ4n) is 1.02. The van der Waals surface area contributed by atoms with Crippen LogP contribution < -0.4 is 0 Å². The number of halogens is 2. The first-order valence-electron chi connectivity index (χ1n) is 4.22. The van der Waals surface area contributed by atoms with Gasteiger partial charge in [0.25, 0.3) is 0 Å². The minimum Gasteiger partial charge on any atom is -0.465 e. The summed E-state index contributed by atoms with van der Waals surface area (Å²) >= 11 is 6.68. The number of rotatable bonds is 3. The van der Waals surface area contributed by atoms with Crippen LogP contribution in [0.3, 0.4) is 0 Å². The van der Waals surface area contributed by atoms with Gasteiger partial charge in [0.15, 0.2) is 0 Å². The van der Waals surface area contributed by atoms with Crippen LogP contribution in [0.4, 0.5) is 0 Å². The molecule has 1 aromatic carbocycles. The van der Waals surface area contributed by atoms with Crippen LogP contribution >= 0.6 is 31.9 Å². The van der Waals surface area contributed by atoms with Gasteiger partial charge >= 0.3 is 5.97 Å². The molecule has 0 heterocycles. The average Bonchev–Trinajstić information content (AvgIpc) is 2.18. The predicted molar refractivity (Wildman–Crippen MR) is 62.4 cm³/mol. The summed E-state index contributed by atoms with van der Waals surface area (Å²) in [4.78, 5) is 11.0. The Morgan fingerprint density at radius 2 is 2.14 bits per heavy atom. The molecule has 0 fully saturated rings. The summed E-state index contributed by atoms with van der Waals surface area (Å²) in [6, 6.07) is 7.55. The third-order valence-electron chi connectivity index (χ3n) is 1.67. The van der Waals surface area contributed by atoms with Gasteiger partial charge in [-0.15, -0.1) is 0 Å². The Hall–Kier alpha value is -0.350. The Bertz CT molecular complexity index is 326. The molecule has 4 heteroatoms. The smallest absolute Gasteiger partial charge is 0.324 e. The maximum absolute atomic E-state index is 11.4. The summed E-state index contributed by atoms with van der Waals surface area (Å²) in [5.74, 6) is -0.264. The Morgan fingerprint density at radius 3 is 2.71 bits per heavy atom.